The number of ether oxygens (including phenoxy) is 1. The van der Waals surface area contributed by atoms with Gasteiger partial charge in [0.05, 0.1) is 19.1 Å². The zero-order valence-corrected chi connectivity index (χ0v) is 15.2. The molecule has 0 fully saturated rings. The van der Waals surface area contributed by atoms with E-state index in [9.17, 15) is 9.59 Å². The Kier molecular flexibility index (Phi) is 4.72. The predicted molar refractivity (Wildman–Crippen MR) is 105 cm³/mol. The summed E-state index contributed by atoms with van der Waals surface area (Å²) in [4.78, 5) is 24.1. The third kappa shape index (κ3) is 3.42. The lowest BCUT2D eigenvalue weighted by Gasteiger charge is -2.10. The van der Waals surface area contributed by atoms with Gasteiger partial charge in [-0.15, -0.1) is 0 Å². The molecule has 0 spiro atoms. The number of carbonyl (C=O) groups is 2. The van der Waals surface area contributed by atoms with Crippen molar-refractivity contribution in [3.63, 3.8) is 0 Å². The molecule has 0 atom stereocenters. The van der Waals surface area contributed by atoms with Crippen LogP contribution in [0.1, 0.15) is 17.0 Å². The molecule has 2 amide bonds. The highest BCUT2D eigenvalue weighted by atomic mass is 16.5. The van der Waals surface area contributed by atoms with Gasteiger partial charge in [-0.25, -0.2) is 0 Å². The first-order chi connectivity index (χ1) is 13.7. The van der Waals surface area contributed by atoms with E-state index in [0.717, 1.165) is 16.4 Å². The zero-order valence-electron chi connectivity index (χ0n) is 15.2. The minimum Gasteiger partial charge on any atom is -0.495 e. The molecule has 4 aromatic rings. The summed E-state index contributed by atoms with van der Waals surface area (Å²) in [7, 11) is 1.54. The van der Waals surface area contributed by atoms with Gasteiger partial charge in [-0.05, 0) is 24.3 Å². The van der Waals surface area contributed by atoms with Crippen molar-refractivity contribution in [1.82, 2.24) is 5.32 Å². The van der Waals surface area contributed by atoms with Crippen LogP contribution in [-0.2, 0) is 4.79 Å². The molecule has 0 radical (unpaired) electrons. The van der Waals surface area contributed by atoms with Gasteiger partial charge < -0.3 is 24.2 Å². The van der Waals surface area contributed by atoms with E-state index in [1.54, 1.807) is 25.3 Å². The van der Waals surface area contributed by atoms with E-state index < -0.39 is 0 Å². The summed E-state index contributed by atoms with van der Waals surface area (Å²) in [5, 5.41) is 7.34. The molecular weight excluding hydrogens is 360 g/mol. The van der Waals surface area contributed by atoms with Crippen molar-refractivity contribution in [2.24, 2.45) is 0 Å². The van der Waals surface area contributed by atoms with E-state index in [0.29, 0.717) is 17.0 Å². The molecule has 0 aliphatic rings. The summed E-state index contributed by atoms with van der Waals surface area (Å²) in [6.45, 7) is 0.181. The van der Waals surface area contributed by atoms with Crippen LogP contribution in [0.5, 0.6) is 5.75 Å². The van der Waals surface area contributed by atoms with Gasteiger partial charge in [-0.1, -0.05) is 18.2 Å². The van der Waals surface area contributed by atoms with Crippen molar-refractivity contribution in [1.29, 1.82) is 0 Å². The highest BCUT2D eigenvalue weighted by molar-refractivity contribution is 6.07. The fourth-order valence-electron chi connectivity index (χ4n) is 3.02. The highest BCUT2D eigenvalue weighted by Crippen LogP contribution is 2.36. The van der Waals surface area contributed by atoms with Gasteiger partial charge in [0.1, 0.15) is 16.9 Å². The molecule has 2 aromatic heterocycles. The summed E-state index contributed by atoms with van der Waals surface area (Å²) in [6.07, 6.45) is 1.52. The van der Waals surface area contributed by atoms with Crippen molar-refractivity contribution >= 4 is 39.4 Å². The van der Waals surface area contributed by atoms with Crippen LogP contribution >= 0.6 is 0 Å². The molecule has 2 aromatic carbocycles. The molecule has 2 N–H and O–H groups in total. The van der Waals surface area contributed by atoms with E-state index >= 15 is 0 Å². The van der Waals surface area contributed by atoms with Crippen molar-refractivity contribution in [3.8, 4) is 5.75 Å². The Bertz CT molecular complexity index is 1140. The molecule has 4 rings (SSSR count). The topological polar surface area (TPSA) is 93.7 Å². The number of rotatable bonds is 6. The van der Waals surface area contributed by atoms with Gasteiger partial charge in [0, 0.05) is 29.8 Å². The summed E-state index contributed by atoms with van der Waals surface area (Å²) in [5.74, 6) is 0.122. The van der Waals surface area contributed by atoms with Crippen LogP contribution in [0.3, 0.4) is 0 Å². The number of nitrogens with one attached hydrogen (secondary N) is 2. The van der Waals surface area contributed by atoms with E-state index in [2.05, 4.69) is 10.6 Å². The lowest BCUT2D eigenvalue weighted by Crippen LogP contribution is -2.27. The monoisotopic (exact) mass is 378 g/mol. The number of benzene rings is 2. The fourth-order valence-corrected chi connectivity index (χ4v) is 3.02. The average Bonchev–Trinajstić information content (AvgIpc) is 3.35. The minimum absolute atomic E-state index is 0.105. The molecule has 0 unspecified atom stereocenters. The van der Waals surface area contributed by atoms with Gasteiger partial charge >= 0.3 is 0 Å². The molecular formula is C21H18N2O5. The van der Waals surface area contributed by atoms with Gasteiger partial charge in [0.25, 0.3) is 5.91 Å². The third-order valence-electron chi connectivity index (χ3n) is 4.36. The first kappa shape index (κ1) is 17.7. The van der Waals surface area contributed by atoms with E-state index in [1.807, 2.05) is 30.3 Å². The van der Waals surface area contributed by atoms with Gasteiger partial charge in [-0.2, -0.15) is 0 Å². The second-order valence-electron chi connectivity index (χ2n) is 6.18. The molecule has 0 saturated carbocycles. The van der Waals surface area contributed by atoms with Crippen LogP contribution in [0.25, 0.3) is 21.9 Å². The van der Waals surface area contributed by atoms with Gasteiger partial charge in [0.2, 0.25) is 5.91 Å². The van der Waals surface area contributed by atoms with Crippen LogP contribution < -0.4 is 15.4 Å². The largest absolute Gasteiger partial charge is 0.495 e. The number of hydrogen-bond donors (Lipinski definition) is 2. The average molecular weight is 378 g/mol. The standard InChI is InChI=1S/C21H18N2O5/c1-26-19-11-14-13-5-2-3-6-16(13)28-18(14)12-15(19)23-20(24)8-9-22-21(25)17-7-4-10-27-17/h2-7,10-12H,8-9H2,1H3,(H,22,25)(H,23,24). The zero-order chi connectivity index (χ0) is 19.5. The molecule has 0 saturated heterocycles. The SMILES string of the molecule is COc1cc2c(cc1NC(=O)CCNC(=O)c1ccco1)oc1ccccc12. The number of amides is 2. The minimum atomic E-state index is -0.362. The molecule has 28 heavy (non-hydrogen) atoms. The van der Waals surface area contributed by atoms with E-state index in [-0.39, 0.29) is 30.5 Å². The van der Waals surface area contributed by atoms with Gasteiger partial charge in [0.15, 0.2) is 5.76 Å². The summed E-state index contributed by atoms with van der Waals surface area (Å²) in [5.41, 5.74) is 1.93. The maximum atomic E-state index is 12.3. The van der Waals surface area contributed by atoms with Crippen molar-refractivity contribution in [2.75, 3.05) is 19.0 Å². The Morgan fingerprint density at radius 1 is 1.04 bits per heavy atom. The second kappa shape index (κ2) is 7.48. The van der Waals surface area contributed by atoms with Crippen molar-refractivity contribution in [2.45, 2.75) is 6.42 Å². The number of carbonyl (C=O) groups excluding carboxylic acids is 2. The molecule has 142 valence electrons. The van der Waals surface area contributed by atoms with Crippen molar-refractivity contribution in [3.05, 3.63) is 60.6 Å². The molecule has 0 aliphatic carbocycles. The first-order valence-electron chi connectivity index (χ1n) is 8.76. The van der Waals surface area contributed by atoms with Crippen LogP contribution in [0.15, 0.2) is 63.6 Å². The number of furan rings is 2. The Morgan fingerprint density at radius 2 is 1.89 bits per heavy atom. The highest BCUT2D eigenvalue weighted by Gasteiger charge is 2.14. The number of hydrogen-bond acceptors (Lipinski definition) is 5. The van der Waals surface area contributed by atoms with E-state index in [1.165, 1.54) is 6.26 Å². The molecule has 0 aliphatic heterocycles. The Labute approximate surface area is 160 Å². The predicted octanol–water partition coefficient (Wildman–Crippen LogP) is 3.95. The first-order valence-corrected chi connectivity index (χ1v) is 8.76. The third-order valence-corrected chi connectivity index (χ3v) is 4.36. The molecule has 0 bridgehead atoms. The smallest absolute Gasteiger partial charge is 0.286 e. The molecule has 2 heterocycles. The Balaban J connectivity index is 1.46. The van der Waals surface area contributed by atoms with Gasteiger partial charge in [-0.3, -0.25) is 9.59 Å². The fraction of sp³-hybridized carbons (Fsp3) is 0.143. The van der Waals surface area contributed by atoms with Crippen molar-refractivity contribution < 1.29 is 23.2 Å². The normalized spacial score (nSPS) is 10.9. The number of para-hydroxylation sites is 1. The summed E-state index contributed by atoms with van der Waals surface area (Å²) in [6, 6.07) is 14.5. The summed E-state index contributed by atoms with van der Waals surface area (Å²) < 4.78 is 16.3. The van der Waals surface area contributed by atoms with E-state index in [4.69, 9.17) is 13.6 Å². The maximum absolute atomic E-state index is 12.3. The number of anilines is 1. The van der Waals surface area contributed by atoms with Crippen LogP contribution in [0.2, 0.25) is 0 Å². The Morgan fingerprint density at radius 3 is 2.68 bits per heavy atom. The molecule has 7 heteroatoms. The van der Waals surface area contributed by atoms with Crippen LogP contribution in [0, 0.1) is 0 Å². The van der Waals surface area contributed by atoms with Crippen LogP contribution in [-0.4, -0.2) is 25.5 Å². The molecule has 7 nitrogen and oxygen atoms in total. The lowest BCUT2D eigenvalue weighted by atomic mass is 10.1. The number of methoxy groups -OCH3 is 1. The second-order valence-corrected chi connectivity index (χ2v) is 6.18. The Hall–Kier alpha value is -3.74. The van der Waals surface area contributed by atoms with Crippen LogP contribution in [0.4, 0.5) is 5.69 Å². The quantitative estimate of drug-likeness (QED) is 0.530. The summed E-state index contributed by atoms with van der Waals surface area (Å²) >= 11 is 0. The maximum Gasteiger partial charge on any atom is 0.286 e. The lowest BCUT2D eigenvalue weighted by molar-refractivity contribution is -0.116. The number of fused-ring (bicyclic) bond motifs is 3.